The van der Waals surface area contributed by atoms with E-state index in [4.69, 9.17) is 4.42 Å². The summed E-state index contributed by atoms with van der Waals surface area (Å²) in [7, 11) is 0. The zero-order valence-corrected chi connectivity index (χ0v) is 17.0. The quantitative estimate of drug-likeness (QED) is 0.566. The van der Waals surface area contributed by atoms with Crippen molar-refractivity contribution in [1.29, 1.82) is 0 Å². The Morgan fingerprint density at radius 3 is 2.43 bits per heavy atom. The standard InChI is InChI=1S/C22H21BrN2O3/c1-15(25-22(27)17-5-3-2-4-6-17)13-21(26)24-14-19-11-12-20(28-19)16-7-9-18(23)10-8-16/h2-12,15H,13-14H2,1H3,(H,24,26)(H,25,27). The molecule has 0 saturated carbocycles. The van der Waals surface area contributed by atoms with E-state index < -0.39 is 0 Å². The summed E-state index contributed by atoms with van der Waals surface area (Å²) in [4.78, 5) is 24.3. The van der Waals surface area contributed by atoms with Gasteiger partial charge in [-0.3, -0.25) is 9.59 Å². The number of rotatable bonds is 7. The number of hydrogen-bond acceptors (Lipinski definition) is 3. The van der Waals surface area contributed by atoms with E-state index in [-0.39, 0.29) is 24.3 Å². The minimum atomic E-state index is -0.275. The summed E-state index contributed by atoms with van der Waals surface area (Å²) < 4.78 is 6.79. The lowest BCUT2D eigenvalue weighted by molar-refractivity contribution is -0.121. The molecule has 2 N–H and O–H groups in total. The van der Waals surface area contributed by atoms with Crippen molar-refractivity contribution in [3.8, 4) is 11.3 Å². The van der Waals surface area contributed by atoms with Gasteiger partial charge in [0.25, 0.3) is 5.91 Å². The molecule has 2 amide bonds. The van der Waals surface area contributed by atoms with Crippen LogP contribution in [0.15, 0.2) is 75.6 Å². The van der Waals surface area contributed by atoms with E-state index in [1.807, 2.05) is 42.5 Å². The van der Waals surface area contributed by atoms with Crippen LogP contribution in [-0.4, -0.2) is 17.9 Å². The van der Waals surface area contributed by atoms with Crippen molar-refractivity contribution in [2.75, 3.05) is 0 Å². The van der Waals surface area contributed by atoms with E-state index in [0.29, 0.717) is 17.9 Å². The van der Waals surface area contributed by atoms with Gasteiger partial charge in [-0.15, -0.1) is 0 Å². The maximum Gasteiger partial charge on any atom is 0.251 e. The van der Waals surface area contributed by atoms with E-state index in [1.165, 1.54) is 0 Å². The van der Waals surface area contributed by atoms with E-state index in [0.717, 1.165) is 15.8 Å². The molecule has 0 aliphatic rings. The number of furan rings is 1. The molecule has 1 unspecified atom stereocenters. The third-order valence-electron chi connectivity index (χ3n) is 4.16. The molecule has 0 spiro atoms. The van der Waals surface area contributed by atoms with Gasteiger partial charge in [-0.25, -0.2) is 0 Å². The molecule has 0 radical (unpaired) electrons. The van der Waals surface area contributed by atoms with Crippen molar-refractivity contribution in [1.82, 2.24) is 10.6 Å². The zero-order valence-electron chi connectivity index (χ0n) is 15.4. The van der Waals surface area contributed by atoms with Gasteiger partial charge in [-0.1, -0.05) is 46.3 Å². The Balaban J connectivity index is 1.46. The predicted octanol–water partition coefficient (Wildman–Crippen LogP) is 4.53. The lowest BCUT2D eigenvalue weighted by atomic mass is 10.1. The first-order chi connectivity index (χ1) is 13.5. The molecular weight excluding hydrogens is 420 g/mol. The molecule has 0 fully saturated rings. The van der Waals surface area contributed by atoms with E-state index in [2.05, 4.69) is 26.6 Å². The Bertz CT molecular complexity index is 936. The second-order valence-electron chi connectivity index (χ2n) is 6.49. The Hall–Kier alpha value is -2.86. The fraction of sp³-hybridized carbons (Fsp3) is 0.182. The molecule has 0 aliphatic heterocycles. The van der Waals surface area contributed by atoms with Gasteiger partial charge in [0.2, 0.25) is 5.91 Å². The molecule has 2 aromatic carbocycles. The van der Waals surface area contributed by atoms with Crippen molar-refractivity contribution in [3.63, 3.8) is 0 Å². The highest BCUT2D eigenvalue weighted by Crippen LogP contribution is 2.23. The summed E-state index contributed by atoms with van der Waals surface area (Å²) in [5, 5.41) is 5.65. The van der Waals surface area contributed by atoms with Crippen LogP contribution >= 0.6 is 15.9 Å². The summed E-state index contributed by atoms with van der Waals surface area (Å²) in [6, 6.07) is 20.2. The summed E-state index contributed by atoms with van der Waals surface area (Å²) >= 11 is 3.41. The third-order valence-corrected chi connectivity index (χ3v) is 4.68. The van der Waals surface area contributed by atoms with Gasteiger partial charge >= 0.3 is 0 Å². The molecule has 1 atom stereocenters. The first kappa shape index (κ1) is 19.9. The maximum atomic E-state index is 12.1. The van der Waals surface area contributed by atoms with E-state index in [9.17, 15) is 9.59 Å². The summed E-state index contributed by atoms with van der Waals surface area (Å²) in [6.45, 7) is 2.10. The topological polar surface area (TPSA) is 71.3 Å². The lowest BCUT2D eigenvalue weighted by Gasteiger charge is -2.13. The molecule has 1 aromatic heterocycles. The SMILES string of the molecule is CC(CC(=O)NCc1ccc(-c2ccc(Br)cc2)o1)NC(=O)c1ccccc1. The number of hydrogen-bond donors (Lipinski definition) is 2. The smallest absolute Gasteiger partial charge is 0.251 e. The first-order valence-electron chi connectivity index (χ1n) is 8.98. The highest BCUT2D eigenvalue weighted by Gasteiger charge is 2.13. The van der Waals surface area contributed by atoms with Crippen LogP contribution in [-0.2, 0) is 11.3 Å². The average molecular weight is 441 g/mol. The van der Waals surface area contributed by atoms with Gasteiger partial charge in [-0.2, -0.15) is 0 Å². The lowest BCUT2D eigenvalue weighted by Crippen LogP contribution is -2.37. The first-order valence-corrected chi connectivity index (χ1v) is 9.78. The second kappa shape index (κ2) is 9.37. The Morgan fingerprint density at radius 2 is 1.71 bits per heavy atom. The van der Waals surface area contributed by atoms with Crippen LogP contribution in [0.4, 0.5) is 0 Å². The van der Waals surface area contributed by atoms with Crippen LogP contribution in [0.5, 0.6) is 0 Å². The third kappa shape index (κ3) is 5.57. The Morgan fingerprint density at radius 1 is 1.00 bits per heavy atom. The summed E-state index contributed by atoms with van der Waals surface area (Å²) in [6.07, 6.45) is 0.193. The van der Waals surface area contributed by atoms with Crippen molar-refractivity contribution in [2.45, 2.75) is 25.9 Å². The largest absolute Gasteiger partial charge is 0.459 e. The van der Waals surface area contributed by atoms with Gasteiger partial charge < -0.3 is 15.1 Å². The minimum absolute atomic E-state index is 0.151. The average Bonchev–Trinajstić information content (AvgIpc) is 3.16. The summed E-state index contributed by atoms with van der Waals surface area (Å²) in [5.74, 6) is 1.08. The van der Waals surface area contributed by atoms with Crippen molar-refractivity contribution < 1.29 is 14.0 Å². The van der Waals surface area contributed by atoms with E-state index in [1.54, 1.807) is 31.2 Å². The summed E-state index contributed by atoms with van der Waals surface area (Å²) in [5.41, 5.74) is 1.55. The van der Waals surface area contributed by atoms with Crippen molar-refractivity contribution >= 4 is 27.7 Å². The van der Waals surface area contributed by atoms with Crippen LogP contribution in [0.25, 0.3) is 11.3 Å². The maximum absolute atomic E-state index is 12.1. The second-order valence-corrected chi connectivity index (χ2v) is 7.41. The molecule has 3 rings (SSSR count). The number of nitrogens with one attached hydrogen (secondary N) is 2. The van der Waals surface area contributed by atoms with Gasteiger partial charge in [-0.05, 0) is 43.3 Å². The fourth-order valence-corrected chi connectivity index (χ4v) is 2.99. The zero-order chi connectivity index (χ0) is 19.9. The number of benzene rings is 2. The molecule has 5 nitrogen and oxygen atoms in total. The van der Waals surface area contributed by atoms with Gasteiger partial charge in [0.05, 0.1) is 6.54 Å². The predicted molar refractivity (Wildman–Crippen MR) is 112 cm³/mol. The van der Waals surface area contributed by atoms with E-state index >= 15 is 0 Å². The Kier molecular flexibility index (Phi) is 6.66. The molecule has 0 saturated heterocycles. The molecule has 0 bridgehead atoms. The molecule has 144 valence electrons. The van der Waals surface area contributed by atoms with Gasteiger partial charge in [0, 0.05) is 28.1 Å². The molecule has 0 aliphatic carbocycles. The number of halogens is 1. The number of carbonyl (C=O) groups excluding carboxylic acids is 2. The minimum Gasteiger partial charge on any atom is -0.459 e. The molecule has 6 heteroatoms. The highest BCUT2D eigenvalue weighted by atomic mass is 79.9. The van der Waals surface area contributed by atoms with Crippen LogP contribution < -0.4 is 10.6 Å². The molecule has 1 heterocycles. The van der Waals surface area contributed by atoms with Crippen LogP contribution in [0.3, 0.4) is 0 Å². The normalized spacial score (nSPS) is 11.6. The van der Waals surface area contributed by atoms with Crippen molar-refractivity contribution in [2.24, 2.45) is 0 Å². The Labute approximate surface area is 172 Å². The molecule has 28 heavy (non-hydrogen) atoms. The molecule has 3 aromatic rings. The van der Waals surface area contributed by atoms with Crippen LogP contribution in [0, 0.1) is 0 Å². The number of amides is 2. The van der Waals surface area contributed by atoms with Gasteiger partial charge in [0.1, 0.15) is 11.5 Å². The monoisotopic (exact) mass is 440 g/mol. The fourth-order valence-electron chi connectivity index (χ4n) is 2.73. The highest BCUT2D eigenvalue weighted by molar-refractivity contribution is 9.10. The van der Waals surface area contributed by atoms with Gasteiger partial charge in [0.15, 0.2) is 0 Å². The van der Waals surface area contributed by atoms with Crippen LogP contribution in [0.1, 0.15) is 29.5 Å². The number of carbonyl (C=O) groups is 2. The molecular formula is C22H21BrN2O3. The van der Waals surface area contributed by atoms with Crippen molar-refractivity contribution in [3.05, 3.63) is 82.5 Å². The van der Waals surface area contributed by atoms with Crippen LogP contribution in [0.2, 0.25) is 0 Å².